The van der Waals surface area contributed by atoms with Gasteiger partial charge in [-0.1, -0.05) is 30.3 Å². The lowest BCUT2D eigenvalue weighted by molar-refractivity contribution is -0.385. The van der Waals surface area contributed by atoms with Crippen molar-refractivity contribution >= 4 is 17.5 Å². The summed E-state index contributed by atoms with van der Waals surface area (Å²) in [6, 6.07) is 11.4. The summed E-state index contributed by atoms with van der Waals surface area (Å²) in [6.45, 7) is 4.26. The van der Waals surface area contributed by atoms with Crippen LogP contribution in [0.4, 0.5) is 5.69 Å². The highest BCUT2D eigenvalue weighted by molar-refractivity contribution is 6.07. The zero-order valence-corrected chi connectivity index (χ0v) is 17.8. The molecule has 0 atom stereocenters. The van der Waals surface area contributed by atoms with Crippen LogP contribution in [0.2, 0.25) is 0 Å². The highest BCUT2D eigenvalue weighted by atomic mass is 16.6. The van der Waals surface area contributed by atoms with Gasteiger partial charge < -0.3 is 9.47 Å². The molecule has 0 unspecified atom stereocenters. The summed E-state index contributed by atoms with van der Waals surface area (Å²) in [6.07, 6.45) is 4.06. The molecule has 1 aromatic heterocycles. The lowest BCUT2D eigenvalue weighted by atomic mass is 10.1. The zero-order chi connectivity index (χ0) is 22.5. The molecule has 0 fully saturated rings. The lowest BCUT2D eigenvalue weighted by Gasteiger charge is -2.14. The van der Waals surface area contributed by atoms with E-state index in [1.165, 1.54) is 24.0 Å². The van der Waals surface area contributed by atoms with E-state index in [1.54, 1.807) is 25.3 Å². The second-order valence-electron chi connectivity index (χ2n) is 7.07. The van der Waals surface area contributed by atoms with Gasteiger partial charge in [0.25, 0.3) is 0 Å². The molecule has 0 aliphatic carbocycles. The summed E-state index contributed by atoms with van der Waals surface area (Å²) in [7, 11) is 3.11. The van der Waals surface area contributed by atoms with Gasteiger partial charge in [-0.3, -0.25) is 19.6 Å². The molecule has 0 saturated carbocycles. The molecule has 0 spiro atoms. The number of benzene rings is 2. The Labute approximate surface area is 179 Å². The van der Waals surface area contributed by atoms with Gasteiger partial charge in [0.2, 0.25) is 11.5 Å². The summed E-state index contributed by atoms with van der Waals surface area (Å²) >= 11 is 0. The standard InChI is InChI=1S/C23H23N3O5/c1-15-6-5-7-16(2)23(15)31-14-18-12-17(9-11-21(18)30-4)8-10-20(27)22-19(26(28)29)13-25(3)24-22/h5-13H,14H2,1-4H3/b10-8+. The van der Waals surface area contributed by atoms with Crippen LogP contribution in [0.5, 0.6) is 11.5 Å². The molecule has 0 aliphatic rings. The first-order valence-corrected chi connectivity index (χ1v) is 9.56. The van der Waals surface area contributed by atoms with Crippen molar-refractivity contribution in [3.8, 4) is 11.5 Å². The first kappa shape index (κ1) is 21.8. The van der Waals surface area contributed by atoms with Crippen LogP contribution in [0.1, 0.15) is 32.7 Å². The van der Waals surface area contributed by atoms with Gasteiger partial charge in [-0.15, -0.1) is 0 Å². The maximum atomic E-state index is 12.4. The van der Waals surface area contributed by atoms with E-state index in [-0.39, 0.29) is 18.0 Å². The van der Waals surface area contributed by atoms with Gasteiger partial charge in [0, 0.05) is 12.6 Å². The molecule has 8 heteroatoms. The average molecular weight is 421 g/mol. The number of aromatic nitrogens is 2. The van der Waals surface area contributed by atoms with Crippen LogP contribution >= 0.6 is 0 Å². The Balaban J connectivity index is 1.82. The number of hydrogen-bond donors (Lipinski definition) is 0. The average Bonchev–Trinajstić information content (AvgIpc) is 3.14. The SMILES string of the molecule is COc1ccc(/C=C/C(=O)c2nn(C)cc2[N+](=O)[O-])cc1COc1c(C)cccc1C. The van der Waals surface area contributed by atoms with E-state index < -0.39 is 10.7 Å². The highest BCUT2D eigenvalue weighted by Crippen LogP contribution is 2.27. The monoisotopic (exact) mass is 421 g/mol. The molecule has 0 radical (unpaired) electrons. The van der Waals surface area contributed by atoms with Crippen LogP contribution < -0.4 is 9.47 Å². The number of carbonyl (C=O) groups is 1. The second-order valence-corrected chi connectivity index (χ2v) is 7.07. The van der Waals surface area contributed by atoms with E-state index in [0.717, 1.165) is 28.0 Å². The van der Waals surface area contributed by atoms with E-state index in [1.807, 2.05) is 38.1 Å². The van der Waals surface area contributed by atoms with Crippen molar-refractivity contribution in [2.45, 2.75) is 20.5 Å². The van der Waals surface area contributed by atoms with Crippen molar-refractivity contribution < 1.29 is 19.2 Å². The molecule has 3 aromatic rings. The van der Waals surface area contributed by atoms with Crippen LogP contribution in [0.25, 0.3) is 6.08 Å². The Morgan fingerprint density at radius 1 is 1.23 bits per heavy atom. The number of nitro groups is 1. The van der Waals surface area contributed by atoms with Gasteiger partial charge in [0.15, 0.2) is 0 Å². The predicted molar refractivity (Wildman–Crippen MR) is 116 cm³/mol. The quantitative estimate of drug-likeness (QED) is 0.231. The minimum absolute atomic E-state index is 0.198. The molecule has 2 aromatic carbocycles. The molecule has 0 saturated heterocycles. The fraction of sp³-hybridized carbons (Fsp3) is 0.217. The summed E-state index contributed by atoms with van der Waals surface area (Å²) < 4.78 is 12.7. The number of para-hydroxylation sites is 1. The van der Waals surface area contributed by atoms with Gasteiger partial charge in [-0.05, 0) is 48.7 Å². The fourth-order valence-electron chi connectivity index (χ4n) is 3.23. The van der Waals surface area contributed by atoms with E-state index >= 15 is 0 Å². The molecule has 0 amide bonds. The first-order chi connectivity index (χ1) is 14.8. The van der Waals surface area contributed by atoms with Crippen molar-refractivity contribution in [2.75, 3.05) is 7.11 Å². The number of carbonyl (C=O) groups excluding carboxylic acids is 1. The van der Waals surface area contributed by atoms with Gasteiger partial charge in [-0.2, -0.15) is 5.10 Å². The van der Waals surface area contributed by atoms with Crippen LogP contribution in [0.15, 0.2) is 48.7 Å². The van der Waals surface area contributed by atoms with E-state index in [0.29, 0.717) is 5.75 Å². The number of nitrogens with zero attached hydrogens (tertiary/aromatic N) is 3. The van der Waals surface area contributed by atoms with Crippen molar-refractivity contribution in [1.82, 2.24) is 9.78 Å². The minimum Gasteiger partial charge on any atom is -0.496 e. The van der Waals surface area contributed by atoms with E-state index in [2.05, 4.69) is 5.10 Å². The van der Waals surface area contributed by atoms with Crippen molar-refractivity contribution in [1.29, 1.82) is 0 Å². The van der Waals surface area contributed by atoms with Crippen molar-refractivity contribution in [3.05, 3.63) is 86.7 Å². The highest BCUT2D eigenvalue weighted by Gasteiger charge is 2.23. The fourth-order valence-corrected chi connectivity index (χ4v) is 3.23. The number of aryl methyl sites for hydroxylation is 3. The summed E-state index contributed by atoms with van der Waals surface area (Å²) in [5.41, 5.74) is 3.09. The Morgan fingerprint density at radius 2 is 1.94 bits per heavy atom. The van der Waals surface area contributed by atoms with Gasteiger partial charge in [0.1, 0.15) is 24.3 Å². The Kier molecular flexibility index (Phi) is 6.49. The third-order valence-electron chi connectivity index (χ3n) is 4.75. The molecular formula is C23H23N3O5. The molecule has 0 aliphatic heterocycles. The predicted octanol–water partition coefficient (Wildman–Crippen LogP) is 4.43. The largest absolute Gasteiger partial charge is 0.496 e. The van der Waals surface area contributed by atoms with Gasteiger partial charge >= 0.3 is 5.69 Å². The molecule has 31 heavy (non-hydrogen) atoms. The molecule has 0 N–H and O–H groups in total. The third-order valence-corrected chi connectivity index (χ3v) is 4.75. The third kappa shape index (κ3) is 4.98. The Morgan fingerprint density at radius 3 is 2.58 bits per heavy atom. The molecule has 0 bridgehead atoms. The first-order valence-electron chi connectivity index (χ1n) is 9.56. The van der Waals surface area contributed by atoms with Gasteiger partial charge in [0.05, 0.1) is 12.0 Å². The van der Waals surface area contributed by atoms with Crippen LogP contribution in [0.3, 0.4) is 0 Å². The maximum Gasteiger partial charge on any atom is 0.318 e. The minimum atomic E-state index is -0.621. The smallest absolute Gasteiger partial charge is 0.318 e. The summed E-state index contributed by atoms with van der Waals surface area (Å²) in [4.78, 5) is 22.9. The van der Waals surface area contributed by atoms with Gasteiger partial charge in [-0.25, -0.2) is 0 Å². The maximum absolute atomic E-state index is 12.4. The molecule has 3 rings (SSSR count). The number of ketones is 1. The van der Waals surface area contributed by atoms with Crippen LogP contribution in [0, 0.1) is 24.0 Å². The second kappa shape index (κ2) is 9.25. The topological polar surface area (TPSA) is 96.5 Å². The van der Waals surface area contributed by atoms with Crippen molar-refractivity contribution in [2.24, 2.45) is 7.05 Å². The number of hydrogen-bond acceptors (Lipinski definition) is 6. The summed E-state index contributed by atoms with van der Waals surface area (Å²) in [5, 5.41) is 15.0. The molecule has 160 valence electrons. The van der Waals surface area contributed by atoms with Crippen molar-refractivity contribution in [3.63, 3.8) is 0 Å². The lowest BCUT2D eigenvalue weighted by Crippen LogP contribution is -2.02. The number of methoxy groups -OCH3 is 1. The normalized spacial score (nSPS) is 11.0. The Hall–Kier alpha value is -3.94. The summed E-state index contributed by atoms with van der Waals surface area (Å²) in [5.74, 6) is 0.940. The molecule has 1 heterocycles. The molecular weight excluding hydrogens is 398 g/mol. The van der Waals surface area contributed by atoms with E-state index in [9.17, 15) is 14.9 Å². The number of rotatable bonds is 8. The van der Waals surface area contributed by atoms with Crippen LogP contribution in [-0.4, -0.2) is 27.6 Å². The Bertz CT molecular complexity index is 1140. The number of allylic oxidation sites excluding steroid dienone is 1. The number of ether oxygens (including phenoxy) is 2. The van der Waals surface area contributed by atoms with E-state index in [4.69, 9.17) is 9.47 Å². The molecule has 8 nitrogen and oxygen atoms in total. The van der Waals surface area contributed by atoms with Crippen LogP contribution in [-0.2, 0) is 13.7 Å². The zero-order valence-electron chi connectivity index (χ0n) is 17.8.